The quantitative estimate of drug-likeness (QED) is 0.588. The lowest BCUT2D eigenvalue weighted by molar-refractivity contribution is -0.116. The van der Waals surface area contributed by atoms with Gasteiger partial charge in [-0.05, 0) is 51.0 Å². The number of rotatable bonds is 5. The molecule has 3 amide bonds. The van der Waals surface area contributed by atoms with Gasteiger partial charge in [-0.1, -0.05) is 29.8 Å². The first-order valence-electron chi connectivity index (χ1n) is 9.93. The van der Waals surface area contributed by atoms with Crippen molar-refractivity contribution in [1.82, 2.24) is 14.5 Å². The second-order valence-corrected chi connectivity index (χ2v) is 7.70. The minimum absolute atomic E-state index is 0.121. The highest BCUT2D eigenvalue weighted by Crippen LogP contribution is 2.22. The minimum Gasteiger partial charge on any atom is -0.324 e. The van der Waals surface area contributed by atoms with Crippen LogP contribution >= 0.6 is 0 Å². The van der Waals surface area contributed by atoms with Crippen LogP contribution in [0.4, 0.5) is 16.2 Å². The van der Waals surface area contributed by atoms with E-state index in [0.717, 1.165) is 22.4 Å². The summed E-state index contributed by atoms with van der Waals surface area (Å²) >= 11 is 0. The topological polar surface area (TPSA) is 99.2 Å². The van der Waals surface area contributed by atoms with Gasteiger partial charge in [0.2, 0.25) is 5.91 Å². The van der Waals surface area contributed by atoms with Gasteiger partial charge in [0.25, 0.3) is 0 Å². The van der Waals surface area contributed by atoms with Crippen molar-refractivity contribution in [3.63, 3.8) is 0 Å². The molecule has 0 aliphatic carbocycles. The summed E-state index contributed by atoms with van der Waals surface area (Å²) < 4.78 is 1.48. The second-order valence-electron chi connectivity index (χ2n) is 7.70. The Hall–Kier alpha value is -3.81. The van der Waals surface area contributed by atoms with Crippen molar-refractivity contribution < 1.29 is 9.59 Å². The number of benzene rings is 2. The van der Waals surface area contributed by atoms with Crippen LogP contribution in [0.1, 0.15) is 22.4 Å². The predicted molar refractivity (Wildman–Crippen MR) is 122 cm³/mol. The number of aryl methyl sites for hydroxylation is 4. The smallest absolute Gasteiger partial charge is 0.324 e. The van der Waals surface area contributed by atoms with E-state index in [1.54, 1.807) is 44.4 Å². The molecule has 0 bridgehead atoms. The monoisotopic (exact) mass is 421 g/mol. The fourth-order valence-corrected chi connectivity index (χ4v) is 3.58. The van der Waals surface area contributed by atoms with Gasteiger partial charge in [0, 0.05) is 24.6 Å². The number of H-pyrrole nitrogens is 1. The van der Waals surface area contributed by atoms with Gasteiger partial charge in [0.05, 0.1) is 11.4 Å². The van der Waals surface area contributed by atoms with Gasteiger partial charge >= 0.3 is 11.7 Å². The van der Waals surface area contributed by atoms with Crippen molar-refractivity contribution in [3.8, 4) is 5.69 Å². The van der Waals surface area contributed by atoms with E-state index in [9.17, 15) is 14.4 Å². The highest BCUT2D eigenvalue weighted by Gasteiger charge is 2.17. The number of urea groups is 1. The number of para-hydroxylation sites is 2. The van der Waals surface area contributed by atoms with Crippen LogP contribution in [0.3, 0.4) is 0 Å². The molecule has 0 fully saturated rings. The van der Waals surface area contributed by atoms with E-state index in [4.69, 9.17) is 0 Å². The van der Waals surface area contributed by atoms with Crippen LogP contribution in [0.15, 0.2) is 47.4 Å². The number of nitrogens with one attached hydrogen (secondary N) is 3. The molecule has 8 nitrogen and oxygen atoms in total. The average molecular weight is 422 g/mol. The van der Waals surface area contributed by atoms with E-state index < -0.39 is 6.03 Å². The molecule has 0 saturated carbocycles. The highest BCUT2D eigenvalue weighted by atomic mass is 16.2. The van der Waals surface area contributed by atoms with Gasteiger partial charge in [-0.25, -0.2) is 9.59 Å². The number of carbonyl (C=O) groups is 2. The summed E-state index contributed by atoms with van der Waals surface area (Å²) in [6, 6.07) is 10.5. The lowest BCUT2D eigenvalue weighted by Gasteiger charge is -2.20. The van der Waals surface area contributed by atoms with Crippen LogP contribution in [-0.4, -0.2) is 40.0 Å². The molecule has 162 valence electrons. The Morgan fingerprint density at radius 2 is 1.68 bits per heavy atom. The van der Waals surface area contributed by atoms with E-state index in [1.807, 2.05) is 32.9 Å². The zero-order chi connectivity index (χ0) is 22.7. The standard InChI is InChI=1S/C23H27N5O3/c1-14-10-15(2)21(16(3)11-14)26-20(29)13-27(5)23(31)25-18-8-6-7-9-19(18)28-17(4)12-24-22(28)30/h6-12H,13H2,1-5H3,(H,24,30)(H,25,31)(H,26,29). The van der Waals surface area contributed by atoms with Gasteiger partial charge in [-0.15, -0.1) is 0 Å². The number of aromatic nitrogens is 2. The Kier molecular flexibility index (Phi) is 6.29. The SMILES string of the molecule is Cc1cc(C)c(NC(=O)CN(C)C(=O)Nc2ccccc2-n2c(C)c[nH]c2=O)c(C)c1. The molecule has 0 unspecified atom stereocenters. The molecule has 2 aromatic carbocycles. The summed E-state index contributed by atoms with van der Waals surface area (Å²) in [6.07, 6.45) is 1.60. The maximum Gasteiger partial charge on any atom is 0.330 e. The zero-order valence-corrected chi connectivity index (χ0v) is 18.4. The Bertz CT molecular complexity index is 1170. The molecule has 0 atom stereocenters. The maximum atomic E-state index is 12.7. The number of hydrogen-bond donors (Lipinski definition) is 3. The number of amides is 3. The molecule has 1 heterocycles. The predicted octanol–water partition coefficient (Wildman–Crippen LogP) is 3.50. The summed E-state index contributed by atoms with van der Waals surface area (Å²) in [5.74, 6) is -0.293. The van der Waals surface area contributed by atoms with Crippen molar-refractivity contribution in [2.45, 2.75) is 27.7 Å². The first kappa shape index (κ1) is 21.9. The summed E-state index contributed by atoms with van der Waals surface area (Å²) in [5, 5.41) is 5.68. The number of nitrogens with zero attached hydrogens (tertiary/aromatic N) is 2. The molecule has 0 aliphatic rings. The Balaban J connectivity index is 1.71. The van der Waals surface area contributed by atoms with Gasteiger partial charge in [0.1, 0.15) is 6.54 Å². The van der Waals surface area contributed by atoms with Gasteiger partial charge in [0.15, 0.2) is 0 Å². The molecular weight excluding hydrogens is 394 g/mol. The van der Waals surface area contributed by atoms with Gasteiger partial charge in [-0.3, -0.25) is 9.36 Å². The van der Waals surface area contributed by atoms with Crippen LogP contribution in [0.25, 0.3) is 5.69 Å². The summed E-state index contributed by atoms with van der Waals surface area (Å²) in [4.78, 5) is 41.3. The Morgan fingerprint density at radius 3 is 2.29 bits per heavy atom. The second kappa shape index (κ2) is 8.91. The molecule has 0 saturated heterocycles. The third kappa shape index (κ3) is 4.85. The molecule has 8 heteroatoms. The fourth-order valence-electron chi connectivity index (χ4n) is 3.58. The summed E-state index contributed by atoms with van der Waals surface area (Å²) in [7, 11) is 1.54. The van der Waals surface area contributed by atoms with Crippen molar-refractivity contribution in [1.29, 1.82) is 0 Å². The zero-order valence-electron chi connectivity index (χ0n) is 18.4. The molecule has 0 radical (unpaired) electrons. The molecule has 31 heavy (non-hydrogen) atoms. The highest BCUT2D eigenvalue weighted by molar-refractivity contribution is 5.98. The minimum atomic E-state index is -0.457. The van der Waals surface area contributed by atoms with E-state index in [0.29, 0.717) is 17.1 Å². The van der Waals surface area contributed by atoms with Crippen molar-refractivity contribution >= 4 is 23.3 Å². The van der Waals surface area contributed by atoms with E-state index >= 15 is 0 Å². The third-order valence-corrected chi connectivity index (χ3v) is 5.02. The lowest BCUT2D eigenvalue weighted by atomic mass is 10.1. The van der Waals surface area contributed by atoms with Gasteiger partial charge < -0.3 is 20.5 Å². The van der Waals surface area contributed by atoms with Crippen LogP contribution < -0.4 is 16.3 Å². The normalized spacial score (nSPS) is 10.6. The fraction of sp³-hybridized carbons (Fsp3) is 0.261. The molecule has 0 aliphatic heterocycles. The van der Waals surface area contributed by atoms with Crippen LogP contribution in [0.2, 0.25) is 0 Å². The molecule has 1 aromatic heterocycles. The summed E-state index contributed by atoms with van der Waals surface area (Å²) in [5.41, 5.74) is 5.26. The third-order valence-electron chi connectivity index (χ3n) is 5.02. The van der Waals surface area contributed by atoms with E-state index in [1.165, 1.54) is 9.47 Å². The molecular formula is C23H27N5O3. The first-order valence-corrected chi connectivity index (χ1v) is 9.93. The van der Waals surface area contributed by atoms with Gasteiger partial charge in [-0.2, -0.15) is 0 Å². The van der Waals surface area contributed by atoms with Crippen molar-refractivity contribution in [2.75, 3.05) is 24.2 Å². The molecule has 3 N–H and O–H groups in total. The van der Waals surface area contributed by atoms with Crippen LogP contribution in [0, 0.1) is 27.7 Å². The number of aromatic amines is 1. The van der Waals surface area contributed by atoms with Crippen molar-refractivity contribution in [2.24, 2.45) is 0 Å². The average Bonchev–Trinajstić information content (AvgIpc) is 3.03. The first-order chi connectivity index (χ1) is 14.7. The number of likely N-dealkylation sites (N-methyl/N-ethyl adjacent to an activating group) is 1. The van der Waals surface area contributed by atoms with Crippen molar-refractivity contribution in [3.05, 3.63) is 75.5 Å². The molecule has 3 rings (SSSR count). The number of imidazole rings is 1. The van der Waals surface area contributed by atoms with E-state index in [-0.39, 0.29) is 18.1 Å². The number of carbonyl (C=O) groups excluding carboxylic acids is 2. The Labute approximate surface area is 180 Å². The summed E-state index contributed by atoms with van der Waals surface area (Å²) in [6.45, 7) is 7.55. The molecule has 0 spiro atoms. The largest absolute Gasteiger partial charge is 0.330 e. The van der Waals surface area contributed by atoms with Crippen LogP contribution in [-0.2, 0) is 4.79 Å². The van der Waals surface area contributed by atoms with Crippen LogP contribution in [0.5, 0.6) is 0 Å². The Morgan fingerprint density at radius 1 is 1.03 bits per heavy atom. The maximum absolute atomic E-state index is 12.7. The molecule has 3 aromatic rings. The lowest BCUT2D eigenvalue weighted by Crippen LogP contribution is -2.38. The number of anilines is 2. The van der Waals surface area contributed by atoms with E-state index in [2.05, 4.69) is 15.6 Å². The number of hydrogen-bond acceptors (Lipinski definition) is 3.